The average molecular weight is 569 g/mol. The topological polar surface area (TPSA) is 106 Å². The minimum absolute atomic E-state index is 0.191. The Balaban J connectivity index is 1.25. The summed E-state index contributed by atoms with van der Waals surface area (Å²) in [4.78, 5) is 27.1. The molecule has 2 atom stereocenters. The molecule has 4 amide bonds. The lowest BCUT2D eigenvalue weighted by Gasteiger charge is -2.10. The number of hydrogen-bond acceptors (Lipinski definition) is 5. The number of anilines is 2. The first-order chi connectivity index (χ1) is 19.8. The number of rotatable bonds is 8. The zero-order valence-corrected chi connectivity index (χ0v) is 24.4. The van der Waals surface area contributed by atoms with Crippen LogP contribution in [0.2, 0.25) is 0 Å². The van der Waals surface area contributed by atoms with Gasteiger partial charge >= 0.3 is 12.1 Å². The Morgan fingerprint density at radius 2 is 0.878 bits per heavy atom. The highest BCUT2D eigenvalue weighted by Gasteiger charge is 2.10. The second-order valence-corrected chi connectivity index (χ2v) is 10.8. The maximum atomic E-state index is 12.5. The molecular formula is C32H36N6O2S. The van der Waals surface area contributed by atoms with Gasteiger partial charge in [0.15, 0.2) is 0 Å². The fourth-order valence-corrected chi connectivity index (χ4v) is 5.06. The molecule has 4 rings (SSSR count). The fraction of sp³-hybridized carbons (Fsp3) is 0.188. The molecule has 9 heteroatoms. The third kappa shape index (κ3) is 9.22. The molecule has 0 bridgehead atoms. The lowest BCUT2D eigenvalue weighted by Crippen LogP contribution is -2.27. The Labute approximate surface area is 245 Å². The van der Waals surface area contributed by atoms with Crippen molar-refractivity contribution in [3.05, 3.63) is 120 Å². The number of carbonyl (C=O) groups is 2. The quantitative estimate of drug-likeness (QED) is 0.219. The third-order valence-corrected chi connectivity index (χ3v) is 7.22. The Morgan fingerprint density at radius 3 is 1.24 bits per heavy atom. The van der Waals surface area contributed by atoms with Crippen molar-refractivity contribution in [2.24, 2.45) is 11.8 Å². The summed E-state index contributed by atoms with van der Waals surface area (Å²) in [7, 11) is 3.74. The van der Waals surface area contributed by atoms with Crippen molar-refractivity contribution in [2.75, 3.05) is 24.7 Å². The van der Waals surface area contributed by atoms with Crippen molar-refractivity contribution < 1.29 is 9.59 Å². The molecular weight excluding hydrogens is 532 g/mol. The Morgan fingerprint density at radius 1 is 0.537 bits per heavy atom. The van der Waals surface area contributed by atoms with E-state index in [1.807, 2.05) is 99.1 Å². The number of benzene rings is 2. The second-order valence-electron chi connectivity index (χ2n) is 9.68. The van der Waals surface area contributed by atoms with Gasteiger partial charge in [-0.2, -0.15) is 0 Å². The molecule has 6 N–H and O–H groups in total. The number of hydrogen-bond donors (Lipinski definition) is 6. The maximum Gasteiger partial charge on any atom is 0.323 e. The van der Waals surface area contributed by atoms with Gasteiger partial charge in [0.1, 0.15) is 0 Å². The molecule has 41 heavy (non-hydrogen) atoms. The summed E-state index contributed by atoms with van der Waals surface area (Å²) in [6, 6.07) is 14.7. The van der Waals surface area contributed by atoms with E-state index in [0.29, 0.717) is 11.4 Å². The van der Waals surface area contributed by atoms with Crippen molar-refractivity contribution in [1.29, 1.82) is 0 Å². The first-order valence-electron chi connectivity index (χ1n) is 13.4. The molecule has 2 aliphatic carbocycles. The zero-order chi connectivity index (χ0) is 29.2. The predicted octanol–water partition coefficient (Wildman–Crippen LogP) is 6.47. The van der Waals surface area contributed by atoms with E-state index in [-0.39, 0.29) is 23.9 Å². The molecule has 2 aromatic rings. The Bertz CT molecular complexity index is 1330. The van der Waals surface area contributed by atoms with Crippen molar-refractivity contribution >= 4 is 35.2 Å². The molecule has 0 spiro atoms. The first-order valence-corrected chi connectivity index (χ1v) is 14.2. The molecule has 2 unspecified atom stereocenters. The number of amides is 4. The van der Waals surface area contributed by atoms with Gasteiger partial charge in [0, 0.05) is 58.0 Å². The predicted molar refractivity (Wildman–Crippen MR) is 168 cm³/mol. The van der Waals surface area contributed by atoms with Crippen LogP contribution in [0.15, 0.2) is 130 Å². The van der Waals surface area contributed by atoms with Gasteiger partial charge in [-0.3, -0.25) is 0 Å². The fourth-order valence-electron chi connectivity index (χ4n) is 4.25. The second kappa shape index (κ2) is 14.1. The molecule has 0 saturated heterocycles. The van der Waals surface area contributed by atoms with Crippen LogP contribution in [0.5, 0.6) is 0 Å². The van der Waals surface area contributed by atoms with Crippen LogP contribution >= 0.6 is 11.8 Å². The molecule has 0 aromatic heterocycles. The minimum atomic E-state index is -0.297. The summed E-state index contributed by atoms with van der Waals surface area (Å²) < 4.78 is 0. The molecule has 0 saturated carbocycles. The van der Waals surface area contributed by atoms with Gasteiger partial charge in [-0.1, -0.05) is 49.9 Å². The normalized spacial score (nSPS) is 18.0. The summed E-state index contributed by atoms with van der Waals surface area (Å²) in [6.07, 6.45) is 15.8. The van der Waals surface area contributed by atoms with E-state index < -0.39 is 0 Å². The summed E-state index contributed by atoms with van der Waals surface area (Å²) in [5.41, 5.74) is 4.90. The minimum Gasteiger partial charge on any atom is -0.388 e. The van der Waals surface area contributed by atoms with Crippen molar-refractivity contribution in [3.63, 3.8) is 0 Å². The zero-order valence-electron chi connectivity index (χ0n) is 23.6. The molecule has 8 nitrogen and oxygen atoms in total. The average Bonchev–Trinajstić information content (AvgIpc) is 3.24. The van der Waals surface area contributed by atoms with Crippen molar-refractivity contribution in [3.8, 4) is 0 Å². The molecule has 2 aromatic carbocycles. The van der Waals surface area contributed by atoms with Crippen molar-refractivity contribution in [1.82, 2.24) is 21.3 Å². The van der Waals surface area contributed by atoms with Crippen LogP contribution in [0, 0.1) is 11.8 Å². The van der Waals surface area contributed by atoms with E-state index in [0.717, 1.165) is 32.6 Å². The third-order valence-electron chi connectivity index (χ3n) is 6.21. The Kier molecular flexibility index (Phi) is 10.1. The van der Waals surface area contributed by atoms with E-state index in [2.05, 4.69) is 57.9 Å². The summed E-state index contributed by atoms with van der Waals surface area (Å²) >= 11 is 1.59. The highest BCUT2D eigenvalue weighted by atomic mass is 32.2. The van der Waals surface area contributed by atoms with Gasteiger partial charge in [-0.15, -0.1) is 0 Å². The molecule has 0 radical (unpaired) electrons. The van der Waals surface area contributed by atoms with E-state index in [1.54, 1.807) is 11.8 Å². The van der Waals surface area contributed by atoms with Crippen LogP contribution in [0.1, 0.15) is 13.8 Å². The van der Waals surface area contributed by atoms with Crippen LogP contribution in [0.4, 0.5) is 21.0 Å². The van der Waals surface area contributed by atoms with E-state index >= 15 is 0 Å². The largest absolute Gasteiger partial charge is 0.388 e. The van der Waals surface area contributed by atoms with Gasteiger partial charge in [-0.25, -0.2) is 9.59 Å². The summed E-state index contributed by atoms with van der Waals surface area (Å²) in [6.45, 7) is 4.13. The number of urea groups is 2. The van der Waals surface area contributed by atoms with E-state index in [9.17, 15) is 9.59 Å². The lowest BCUT2D eigenvalue weighted by molar-refractivity contribution is 0.253. The molecule has 0 heterocycles. The highest BCUT2D eigenvalue weighted by Crippen LogP contribution is 2.29. The van der Waals surface area contributed by atoms with Crippen LogP contribution in [-0.4, -0.2) is 26.2 Å². The van der Waals surface area contributed by atoms with Crippen LogP contribution in [0.25, 0.3) is 0 Å². The van der Waals surface area contributed by atoms with Gasteiger partial charge in [0.2, 0.25) is 0 Å². The maximum absolute atomic E-state index is 12.5. The number of carbonyl (C=O) groups excluding carboxylic acids is 2. The van der Waals surface area contributed by atoms with Gasteiger partial charge in [-0.05, 0) is 84.7 Å². The van der Waals surface area contributed by atoms with Gasteiger partial charge < -0.3 is 31.9 Å². The number of likely N-dealkylation sites (N-methyl/N-ethyl adjacent to an activating group) is 2. The van der Waals surface area contributed by atoms with Gasteiger partial charge in [0.25, 0.3) is 0 Å². The van der Waals surface area contributed by atoms with E-state index in [1.165, 1.54) is 0 Å². The number of allylic oxidation sites excluding steroid dienone is 8. The molecule has 0 fully saturated rings. The van der Waals surface area contributed by atoms with Gasteiger partial charge in [0.05, 0.1) is 0 Å². The standard InChI is InChI=1S/C32H36N6O2S/c1-21-17-25(33-3)5-7-27(19-21)37-31(39)35-23-9-13-29(14-10-23)41-30-15-11-24(12-16-30)36-32(40)38-28-8-6-26(34-4)18-22(2)20-28/h5-22,33-34H,1-4H3,(H2,35,37,39)(H2,36,38,40). The summed E-state index contributed by atoms with van der Waals surface area (Å²) in [5.74, 6) is 0.382. The smallest absolute Gasteiger partial charge is 0.323 e. The first kappa shape index (κ1) is 29.4. The monoisotopic (exact) mass is 568 g/mol. The van der Waals surface area contributed by atoms with Crippen LogP contribution in [0.3, 0.4) is 0 Å². The highest BCUT2D eigenvalue weighted by molar-refractivity contribution is 7.99. The number of nitrogens with one attached hydrogen (secondary N) is 6. The molecule has 212 valence electrons. The Hall–Kier alpha value is -4.63. The molecule has 2 aliphatic rings. The van der Waals surface area contributed by atoms with Crippen LogP contribution < -0.4 is 31.9 Å². The SMILES string of the molecule is CNC1=CC(C)C=C(NC(=O)Nc2ccc(Sc3ccc(NC(=O)NC4=CC(C)C=C(NC)C=C4)cc3)cc2)C=C1. The van der Waals surface area contributed by atoms with Crippen LogP contribution in [-0.2, 0) is 0 Å². The van der Waals surface area contributed by atoms with E-state index in [4.69, 9.17) is 0 Å². The molecule has 0 aliphatic heterocycles. The summed E-state index contributed by atoms with van der Waals surface area (Å²) in [5, 5.41) is 17.8. The van der Waals surface area contributed by atoms with Crippen molar-refractivity contribution in [2.45, 2.75) is 23.6 Å². The lowest BCUT2D eigenvalue weighted by atomic mass is 10.1.